The van der Waals surface area contributed by atoms with E-state index in [2.05, 4.69) is 4.98 Å². The molecule has 0 aliphatic rings. The Morgan fingerprint density at radius 3 is 2.71 bits per heavy atom. The van der Waals surface area contributed by atoms with Crippen molar-refractivity contribution in [2.45, 2.75) is 0 Å². The van der Waals surface area contributed by atoms with E-state index in [4.69, 9.17) is 4.74 Å². The van der Waals surface area contributed by atoms with Gasteiger partial charge < -0.3 is 4.74 Å². The maximum atomic E-state index is 13.6. The van der Waals surface area contributed by atoms with Crippen molar-refractivity contribution in [2.75, 3.05) is 7.11 Å². The van der Waals surface area contributed by atoms with Crippen LogP contribution in [-0.4, -0.2) is 18.4 Å². The minimum Gasteiger partial charge on any atom is -0.481 e. The number of aldehydes is 1. The van der Waals surface area contributed by atoms with Crippen LogP contribution in [0.2, 0.25) is 0 Å². The van der Waals surface area contributed by atoms with Crippen molar-refractivity contribution in [3.8, 4) is 17.0 Å². The van der Waals surface area contributed by atoms with Crippen molar-refractivity contribution in [2.24, 2.45) is 0 Å². The van der Waals surface area contributed by atoms with Crippen LogP contribution in [0.5, 0.6) is 5.88 Å². The molecule has 0 N–H and O–H groups in total. The van der Waals surface area contributed by atoms with Crippen LogP contribution in [0.15, 0.2) is 36.5 Å². The lowest BCUT2D eigenvalue weighted by atomic mass is 10.0. The van der Waals surface area contributed by atoms with Crippen LogP contribution in [0, 0.1) is 5.82 Å². The predicted octanol–water partition coefficient (Wildman–Crippen LogP) is 2.71. The molecule has 3 nitrogen and oxygen atoms in total. The summed E-state index contributed by atoms with van der Waals surface area (Å²) in [7, 11) is 1.46. The molecule has 0 saturated carbocycles. The quantitative estimate of drug-likeness (QED) is 0.762. The Hall–Kier alpha value is -2.23. The zero-order valence-corrected chi connectivity index (χ0v) is 9.18. The molecule has 0 atom stereocenters. The highest BCUT2D eigenvalue weighted by atomic mass is 19.1. The molecule has 0 fully saturated rings. The number of nitrogens with zero attached hydrogens (tertiary/aromatic N) is 1. The van der Waals surface area contributed by atoms with Crippen LogP contribution in [0.4, 0.5) is 4.39 Å². The monoisotopic (exact) mass is 231 g/mol. The lowest BCUT2D eigenvalue weighted by Gasteiger charge is -2.07. The van der Waals surface area contributed by atoms with E-state index in [1.54, 1.807) is 18.2 Å². The Labute approximate surface area is 97.9 Å². The first-order valence-corrected chi connectivity index (χ1v) is 5.00. The molecule has 0 unspecified atom stereocenters. The summed E-state index contributed by atoms with van der Waals surface area (Å²) in [5.41, 5.74) is 1.16. The molecule has 0 spiro atoms. The van der Waals surface area contributed by atoms with Crippen LogP contribution in [0.3, 0.4) is 0 Å². The Balaban J connectivity index is 2.60. The molecule has 86 valence electrons. The van der Waals surface area contributed by atoms with Gasteiger partial charge in [-0.3, -0.25) is 4.79 Å². The van der Waals surface area contributed by atoms with Crippen molar-refractivity contribution < 1.29 is 13.9 Å². The summed E-state index contributed by atoms with van der Waals surface area (Å²) >= 11 is 0. The van der Waals surface area contributed by atoms with Crippen LogP contribution < -0.4 is 4.74 Å². The van der Waals surface area contributed by atoms with Crippen molar-refractivity contribution in [1.29, 1.82) is 0 Å². The van der Waals surface area contributed by atoms with Crippen molar-refractivity contribution in [3.63, 3.8) is 0 Å². The number of rotatable bonds is 3. The fraction of sp³-hybridized carbons (Fsp3) is 0.0769. The lowest BCUT2D eigenvalue weighted by Crippen LogP contribution is -1.95. The number of halogens is 1. The van der Waals surface area contributed by atoms with Gasteiger partial charge in [0.25, 0.3) is 0 Å². The second-order valence-corrected chi connectivity index (χ2v) is 3.41. The molecule has 0 aliphatic heterocycles. The molecule has 2 rings (SSSR count). The number of methoxy groups -OCH3 is 1. The third kappa shape index (κ3) is 2.15. The Kier molecular flexibility index (Phi) is 3.14. The summed E-state index contributed by atoms with van der Waals surface area (Å²) in [4.78, 5) is 14.9. The fourth-order valence-electron chi connectivity index (χ4n) is 1.56. The molecule has 2 aromatic rings. The van der Waals surface area contributed by atoms with Crippen molar-refractivity contribution in [3.05, 3.63) is 47.9 Å². The summed E-state index contributed by atoms with van der Waals surface area (Å²) in [6.07, 6.45) is 2.09. The molecule has 4 heteroatoms. The second kappa shape index (κ2) is 4.74. The molecule has 0 radical (unpaired) electrons. The number of pyridine rings is 1. The highest BCUT2D eigenvalue weighted by Crippen LogP contribution is 2.26. The van der Waals surface area contributed by atoms with E-state index in [9.17, 15) is 9.18 Å². The first-order valence-electron chi connectivity index (χ1n) is 5.00. The normalized spacial score (nSPS) is 10.0. The van der Waals surface area contributed by atoms with Gasteiger partial charge in [0.15, 0.2) is 6.29 Å². The van der Waals surface area contributed by atoms with Gasteiger partial charge in [-0.05, 0) is 6.07 Å². The Bertz CT molecular complexity index is 555. The molecule has 0 amide bonds. The zero-order valence-electron chi connectivity index (χ0n) is 9.18. The third-order valence-electron chi connectivity index (χ3n) is 2.41. The van der Waals surface area contributed by atoms with Gasteiger partial charge in [-0.1, -0.05) is 18.2 Å². The largest absolute Gasteiger partial charge is 0.481 e. The summed E-state index contributed by atoms with van der Waals surface area (Å²) in [5, 5.41) is 0. The summed E-state index contributed by atoms with van der Waals surface area (Å²) in [6.45, 7) is 0. The number of benzene rings is 1. The fourth-order valence-corrected chi connectivity index (χ4v) is 1.56. The Morgan fingerprint density at radius 2 is 2.06 bits per heavy atom. The molecule has 1 aromatic heterocycles. The molecule has 0 aliphatic carbocycles. The predicted molar refractivity (Wildman–Crippen MR) is 61.6 cm³/mol. The van der Waals surface area contributed by atoms with E-state index >= 15 is 0 Å². The first kappa shape index (κ1) is 11.3. The number of aromatic nitrogens is 1. The van der Waals surface area contributed by atoms with Gasteiger partial charge in [-0.15, -0.1) is 0 Å². The van der Waals surface area contributed by atoms with Crippen molar-refractivity contribution in [1.82, 2.24) is 4.98 Å². The minimum absolute atomic E-state index is 0.326. The van der Waals surface area contributed by atoms with Crippen LogP contribution in [0.1, 0.15) is 10.4 Å². The molecular formula is C13H10FNO2. The topological polar surface area (TPSA) is 39.2 Å². The number of hydrogen-bond acceptors (Lipinski definition) is 3. The Morgan fingerprint density at radius 1 is 1.29 bits per heavy atom. The molecular weight excluding hydrogens is 221 g/mol. The molecule has 17 heavy (non-hydrogen) atoms. The second-order valence-electron chi connectivity index (χ2n) is 3.41. The zero-order chi connectivity index (χ0) is 12.3. The van der Waals surface area contributed by atoms with Crippen molar-refractivity contribution >= 4 is 6.29 Å². The minimum atomic E-state index is -0.387. The third-order valence-corrected chi connectivity index (χ3v) is 2.41. The average molecular weight is 231 g/mol. The lowest BCUT2D eigenvalue weighted by molar-refractivity contribution is 0.112. The van der Waals surface area contributed by atoms with E-state index in [1.165, 1.54) is 25.4 Å². The van der Waals surface area contributed by atoms with Gasteiger partial charge >= 0.3 is 0 Å². The van der Waals surface area contributed by atoms with Crippen LogP contribution in [-0.2, 0) is 0 Å². The summed E-state index contributed by atoms with van der Waals surface area (Å²) in [5.74, 6) is -0.0604. The summed E-state index contributed by atoms with van der Waals surface area (Å²) < 4.78 is 18.5. The standard InChI is InChI=1S/C13H10FNO2/c1-17-13-6-9(8-16)11(7-15-13)10-4-2-3-5-12(10)14/h2-8H,1H3. The SMILES string of the molecule is COc1cc(C=O)c(-c2ccccc2F)cn1. The molecule has 0 bridgehead atoms. The highest BCUT2D eigenvalue weighted by molar-refractivity contribution is 5.87. The number of ether oxygens (including phenoxy) is 1. The number of carbonyl (C=O) groups is 1. The van der Waals surface area contributed by atoms with E-state index < -0.39 is 0 Å². The van der Waals surface area contributed by atoms with E-state index in [1.807, 2.05) is 0 Å². The van der Waals surface area contributed by atoms with E-state index in [0.29, 0.717) is 28.9 Å². The maximum absolute atomic E-state index is 13.6. The maximum Gasteiger partial charge on any atom is 0.213 e. The van der Waals surface area contributed by atoms with Crippen LogP contribution >= 0.6 is 0 Å². The number of carbonyl (C=O) groups excluding carboxylic acids is 1. The highest BCUT2D eigenvalue weighted by Gasteiger charge is 2.10. The van der Waals surface area contributed by atoms with E-state index in [0.717, 1.165) is 0 Å². The molecule has 1 aromatic carbocycles. The van der Waals surface area contributed by atoms with Crippen LogP contribution in [0.25, 0.3) is 11.1 Å². The van der Waals surface area contributed by atoms with Gasteiger partial charge in [0.05, 0.1) is 7.11 Å². The molecule has 0 saturated heterocycles. The summed E-state index contributed by atoms with van der Waals surface area (Å²) in [6, 6.07) is 7.72. The van der Waals surface area contributed by atoms with Gasteiger partial charge in [0.2, 0.25) is 5.88 Å². The average Bonchev–Trinajstić information content (AvgIpc) is 2.38. The van der Waals surface area contributed by atoms with Gasteiger partial charge in [0, 0.05) is 29.0 Å². The van der Waals surface area contributed by atoms with Gasteiger partial charge in [-0.25, -0.2) is 9.37 Å². The first-order chi connectivity index (χ1) is 8.26. The number of hydrogen-bond donors (Lipinski definition) is 0. The van der Waals surface area contributed by atoms with Gasteiger partial charge in [0.1, 0.15) is 5.82 Å². The van der Waals surface area contributed by atoms with Gasteiger partial charge in [-0.2, -0.15) is 0 Å². The molecule has 1 heterocycles. The van der Waals surface area contributed by atoms with E-state index in [-0.39, 0.29) is 5.82 Å². The smallest absolute Gasteiger partial charge is 0.213 e.